The number of hydrogen-bond donors (Lipinski definition) is 1. The number of aromatic nitrogens is 1. The maximum Gasteiger partial charge on any atom is 0.221 e. The Balaban J connectivity index is 2.11. The number of hydrogen-bond acceptors (Lipinski definition) is 3. The van der Waals surface area contributed by atoms with Gasteiger partial charge in [-0.05, 0) is 18.2 Å². The number of nitrogens with zero attached hydrogens (tertiary/aromatic N) is 1. The summed E-state index contributed by atoms with van der Waals surface area (Å²) < 4.78 is 18.6. The molecule has 1 aromatic heterocycles. The number of amides is 1. The highest BCUT2D eigenvalue weighted by molar-refractivity contribution is 5.88. The molecule has 0 aliphatic heterocycles. The fraction of sp³-hybridized carbons (Fsp3) is 0.0769. The van der Waals surface area contributed by atoms with Crippen LogP contribution in [0.1, 0.15) is 6.92 Å². The molecular formula is C13H11FN2O2. The number of carbonyl (C=O) groups is 1. The molecule has 5 heteroatoms. The third kappa shape index (κ3) is 3.04. The van der Waals surface area contributed by atoms with E-state index in [2.05, 4.69) is 10.3 Å². The van der Waals surface area contributed by atoms with Gasteiger partial charge in [-0.25, -0.2) is 9.37 Å². The van der Waals surface area contributed by atoms with E-state index >= 15 is 0 Å². The van der Waals surface area contributed by atoms with Gasteiger partial charge in [0.1, 0.15) is 0 Å². The van der Waals surface area contributed by atoms with Crippen molar-refractivity contribution in [2.24, 2.45) is 0 Å². The van der Waals surface area contributed by atoms with Crippen LogP contribution in [-0.2, 0) is 4.79 Å². The second kappa shape index (κ2) is 5.27. The highest BCUT2D eigenvalue weighted by atomic mass is 19.1. The Kier molecular flexibility index (Phi) is 3.52. The van der Waals surface area contributed by atoms with Gasteiger partial charge in [-0.15, -0.1) is 0 Å². The lowest BCUT2D eigenvalue weighted by Gasteiger charge is -2.06. The smallest absolute Gasteiger partial charge is 0.221 e. The first-order valence-corrected chi connectivity index (χ1v) is 5.31. The zero-order valence-corrected chi connectivity index (χ0v) is 9.68. The maximum absolute atomic E-state index is 13.3. The summed E-state index contributed by atoms with van der Waals surface area (Å²) in [6.45, 7) is 1.41. The van der Waals surface area contributed by atoms with Gasteiger partial charge in [0.15, 0.2) is 11.6 Å². The molecule has 92 valence electrons. The summed E-state index contributed by atoms with van der Waals surface area (Å²) in [5.41, 5.74) is 0.559. The Morgan fingerprint density at radius 1 is 1.28 bits per heavy atom. The van der Waals surface area contributed by atoms with E-state index in [9.17, 15) is 9.18 Å². The fourth-order valence-electron chi connectivity index (χ4n) is 1.36. The van der Waals surface area contributed by atoms with Gasteiger partial charge in [0.25, 0.3) is 0 Å². The summed E-state index contributed by atoms with van der Waals surface area (Å²) in [4.78, 5) is 14.8. The van der Waals surface area contributed by atoms with Crippen molar-refractivity contribution in [1.82, 2.24) is 4.98 Å². The minimum absolute atomic E-state index is 0.109. The molecule has 1 N–H and O–H groups in total. The Hall–Kier alpha value is -2.43. The third-order valence-electron chi connectivity index (χ3n) is 2.11. The molecule has 0 saturated heterocycles. The van der Waals surface area contributed by atoms with E-state index in [0.29, 0.717) is 5.69 Å². The Morgan fingerprint density at radius 3 is 2.67 bits per heavy atom. The van der Waals surface area contributed by atoms with E-state index in [4.69, 9.17) is 4.74 Å². The molecule has 0 atom stereocenters. The van der Waals surface area contributed by atoms with E-state index in [1.165, 1.54) is 25.3 Å². The maximum atomic E-state index is 13.3. The van der Waals surface area contributed by atoms with E-state index in [0.717, 1.165) is 0 Å². The number of pyridine rings is 1. The SMILES string of the molecule is CC(=O)Nc1ccc(Oc2ccccc2F)nc1. The standard InChI is InChI=1S/C13H11FN2O2/c1-9(17)16-10-6-7-13(15-8-10)18-12-5-3-2-4-11(12)14/h2-8H,1H3,(H,16,17). The zero-order chi connectivity index (χ0) is 13.0. The molecular weight excluding hydrogens is 235 g/mol. The van der Waals surface area contributed by atoms with Crippen molar-refractivity contribution < 1.29 is 13.9 Å². The van der Waals surface area contributed by atoms with Gasteiger partial charge in [0, 0.05) is 13.0 Å². The fourth-order valence-corrected chi connectivity index (χ4v) is 1.36. The summed E-state index contributed by atoms with van der Waals surface area (Å²) in [7, 11) is 0. The number of para-hydroxylation sites is 1. The summed E-state index contributed by atoms with van der Waals surface area (Å²) >= 11 is 0. The molecule has 4 nitrogen and oxygen atoms in total. The Morgan fingerprint density at radius 2 is 2.06 bits per heavy atom. The number of benzene rings is 1. The molecule has 1 heterocycles. The van der Waals surface area contributed by atoms with E-state index in [-0.39, 0.29) is 17.5 Å². The van der Waals surface area contributed by atoms with Gasteiger partial charge in [-0.3, -0.25) is 4.79 Å². The predicted octanol–water partition coefficient (Wildman–Crippen LogP) is 2.97. The second-order valence-electron chi connectivity index (χ2n) is 3.60. The van der Waals surface area contributed by atoms with Crippen molar-refractivity contribution in [1.29, 1.82) is 0 Å². The van der Waals surface area contributed by atoms with Gasteiger partial charge < -0.3 is 10.1 Å². The molecule has 0 spiro atoms. The normalized spacial score (nSPS) is 9.89. The van der Waals surface area contributed by atoms with Gasteiger partial charge in [-0.1, -0.05) is 12.1 Å². The molecule has 0 saturated carbocycles. The van der Waals surface area contributed by atoms with Crippen LogP contribution in [0, 0.1) is 5.82 Å². The van der Waals surface area contributed by atoms with Crippen LogP contribution >= 0.6 is 0 Å². The van der Waals surface area contributed by atoms with Crippen molar-refractivity contribution >= 4 is 11.6 Å². The Labute approximate surface area is 103 Å². The summed E-state index contributed by atoms with van der Waals surface area (Å²) in [6.07, 6.45) is 1.44. The number of halogens is 1. The van der Waals surface area contributed by atoms with Crippen LogP contribution in [0.3, 0.4) is 0 Å². The lowest BCUT2D eigenvalue weighted by molar-refractivity contribution is -0.114. The minimum Gasteiger partial charge on any atom is -0.436 e. The lowest BCUT2D eigenvalue weighted by atomic mass is 10.3. The van der Waals surface area contributed by atoms with Crippen molar-refractivity contribution in [3.63, 3.8) is 0 Å². The molecule has 0 bridgehead atoms. The summed E-state index contributed by atoms with van der Waals surface area (Å²) in [5, 5.41) is 2.58. The lowest BCUT2D eigenvalue weighted by Crippen LogP contribution is -2.05. The topological polar surface area (TPSA) is 51.2 Å². The molecule has 1 amide bonds. The quantitative estimate of drug-likeness (QED) is 0.905. The molecule has 1 aromatic carbocycles. The average Bonchev–Trinajstić information content (AvgIpc) is 2.34. The third-order valence-corrected chi connectivity index (χ3v) is 2.11. The van der Waals surface area contributed by atoms with Crippen molar-refractivity contribution in [2.45, 2.75) is 6.92 Å². The van der Waals surface area contributed by atoms with Gasteiger partial charge in [0.2, 0.25) is 11.8 Å². The van der Waals surface area contributed by atoms with Gasteiger partial charge in [0.05, 0.1) is 11.9 Å². The van der Waals surface area contributed by atoms with Gasteiger partial charge >= 0.3 is 0 Å². The molecule has 0 aliphatic carbocycles. The van der Waals surface area contributed by atoms with Crippen LogP contribution in [0.15, 0.2) is 42.6 Å². The summed E-state index contributed by atoms with van der Waals surface area (Å²) in [6, 6.07) is 9.25. The average molecular weight is 246 g/mol. The monoisotopic (exact) mass is 246 g/mol. The van der Waals surface area contributed by atoms with Crippen molar-refractivity contribution in [2.75, 3.05) is 5.32 Å². The largest absolute Gasteiger partial charge is 0.436 e. The molecule has 0 fully saturated rings. The molecule has 18 heavy (non-hydrogen) atoms. The highest BCUT2D eigenvalue weighted by Crippen LogP contribution is 2.22. The van der Waals surface area contributed by atoms with Gasteiger partial charge in [-0.2, -0.15) is 0 Å². The van der Waals surface area contributed by atoms with Crippen LogP contribution in [0.4, 0.5) is 10.1 Å². The van der Waals surface area contributed by atoms with Crippen LogP contribution < -0.4 is 10.1 Å². The van der Waals surface area contributed by atoms with Crippen molar-refractivity contribution in [3.05, 3.63) is 48.4 Å². The minimum atomic E-state index is -0.453. The number of carbonyl (C=O) groups excluding carboxylic acids is 1. The predicted molar refractivity (Wildman–Crippen MR) is 65.0 cm³/mol. The number of anilines is 1. The molecule has 0 unspecified atom stereocenters. The van der Waals surface area contributed by atoms with E-state index in [1.807, 2.05) is 0 Å². The zero-order valence-electron chi connectivity index (χ0n) is 9.68. The summed E-state index contributed by atoms with van der Waals surface area (Å²) in [5.74, 6) is -0.267. The van der Waals surface area contributed by atoms with Crippen LogP contribution in [0.2, 0.25) is 0 Å². The number of ether oxygens (including phenoxy) is 1. The van der Waals surface area contributed by atoms with Crippen LogP contribution in [0.5, 0.6) is 11.6 Å². The van der Waals surface area contributed by atoms with E-state index in [1.54, 1.807) is 24.3 Å². The second-order valence-corrected chi connectivity index (χ2v) is 3.60. The first-order chi connectivity index (χ1) is 8.65. The highest BCUT2D eigenvalue weighted by Gasteiger charge is 2.04. The molecule has 2 rings (SSSR count). The molecule has 2 aromatic rings. The number of rotatable bonds is 3. The first-order valence-electron chi connectivity index (χ1n) is 5.31. The van der Waals surface area contributed by atoms with Crippen LogP contribution in [0.25, 0.3) is 0 Å². The van der Waals surface area contributed by atoms with Crippen LogP contribution in [-0.4, -0.2) is 10.9 Å². The first kappa shape index (κ1) is 12.0. The van der Waals surface area contributed by atoms with E-state index < -0.39 is 5.82 Å². The number of nitrogens with one attached hydrogen (secondary N) is 1. The molecule has 0 radical (unpaired) electrons. The van der Waals surface area contributed by atoms with Crippen molar-refractivity contribution in [3.8, 4) is 11.6 Å². The Bertz CT molecular complexity index is 555. The molecule has 0 aliphatic rings.